The summed E-state index contributed by atoms with van der Waals surface area (Å²) >= 11 is 0. The molecule has 0 saturated carbocycles. The number of rotatable bonds is 13. The Balaban J connectivity index is 2.33. The zero-order valence-electron chi connectivity index (χ0n) is 16.1. The first-order valence-electron chi connectivity index (χ1n) is 9.62. The summed E-state index contributed by atoms with van der Waals surface area (Å²) in [5.74, 6) is -0.254. The number of carbonyl (C=O) groups is 2. The van der Waals surface area contributed by atoms with Crippen molar-refractivity contribution in [3.05, 3.63) is 24.3 Å². The van der Waals surface area contributed by atoms with Crippen LogP contribution in [0.5, 0.6) is 0 Å². The van der Waals surface area contributed by atoms with Crippen LogP contribution in [0.25, 0.3) is 0 Å². The first-order valence-corrected chi connectivity index (χ1v) is 9.62. The number of amides is 1. The second-order valence-electron chi connectivity index (χ2n) is 6.39. The Kier molecular flexibility index (Phi) is 11.6. The normalized spacial score (nSPS) is 19.0. The topological polar surface area (TPSA) is 76.1 Å². The predicted octanol–water partition coefficient (Wildman–Crippen LogP) is 2.61. The van der Waals surface area contributed by atoms with E-state index in [4.69, 9.17) is 9.47 Å². The Hall–Kier alpha value is -1.66. The third-order valence-electron chi connectivity index (χ3n) is 4.24. The van der Waals surface area contributed by atoms with Crippen LogP contribution < -0.4 is 0 Å². The van der Waals surface area contributed by atoms with Gasteiger partial charge < -0.3 is 19.5 Å². The average molecular weight is 367 g/mol. The molecule has 1 unspecified atom stereocenters. The van der Waals surface area contributed by atoms with Gasteiger partial charge in [0.1, 0.15) is 6.61 Å². The zero-order valence-corrected chi connectivity index (χ0v) is 16.1. The summed E-state index contributed by atoms with van der Waals surface area (Å²) in [6, 6.07) is 0.0356. The van der Waals surface area contributed by atoms with Crippen LogP contribution in [0.15, 0.2) is 24.3 Å². The fourth-order valence-electron chi connectivity index (χ4n) is 2.82. The fraction of sp³-hybridized carbons (Fsp3) is 0.700. The Bertz CT molecular complexity index is 475. The number of hydrogen-bond donors (Lipinski definition) is 1. The maximum Gasteiger partial charge on any atom is 0.332 e. The maximum atomic E-state index is 12.0. The molecule has 0 aromatic carbocycles. The molecule has 1 aliphatic heterocycles. The molecule has 6 nitrogen and oxygen atoms in total. The molecule has 0 spiro atoms. The SMILES string of the molecule is CCCCC[C@@H](O)C=CC1CCC(=O)N1C/C=C\COCC(=O)OCC. The molecule has 0 bridgehead atoms. The lowest BCUT2D eigenvalue weighted by Crippen LogP contribution is -2.32. The summed E-state index contributed by atoms with van der Waals surface area (Å²) in [6.45, 7) is 4.97. The molecule has 1 amide bonds. The summed E-state index contributed by atoms with van der Waals surface area (Å²) in [6.07, 6.45) is 12.4. The zero-order chi connectivity index (χ0) is 19.2. The number of likely N-dealkylation sites (tertiary alicyclic amines) is 1. The minimum atomic E-state index is -0.439. The summed E-state index contributed by atoms with van der Waals surface area (Å²) in [4.78, 5) is 25.0. The molecule has 1 rings (SSSR count). The number of carbonyl (C=O) groups excluding carboxylic acids is 2. The van der Waals surface area contributed by atoms with Crippen LogP contribution in [0.3, 0.4) is 0 Å². The lowest BCUT2D eigenvalue weighted by Gasteiger charge is -2.21. The van der Waals surface area contributed by atoms with Gasteiger partial charge in [0, 0.05) is 13.0 Å². The van der Waals surface area contributed by atoms with Gasteiger partial charge in [-0.25, -0.2) is 4.79 Å². The van der Waals surface area contributed by atoms with Gasteiger partial charge in [-0.15, -0.1) is 0 Å². The standard InChI is InChI=1S/C20H33NO5/c1-3-5-6-9-18(22)12-10-17-11-13-19(23)21(17)14-7-8-15-25-16-20(24)26-4-2/h7-8,10,12,17-18,22H,3-6,9,11,13-16H2,1-2H3/b8-7-,12-10?/t17?,18-/m1/s1. The van der Waals surface area contributed by atoms with E-state index in [-0.39, 0.29) is 24.5 Å². The summed E-state index contributed by atoms with van der Waals surface area (Å²) < 4.78 is 9.95. The smallest absolute Gasteiger partial charge is 0.332 e. The highest BCUT2D eigenvalue weighted by atomic mass is 16.6. The summed E-state index contributed by atoms with van der Waals surface area (Å²) in [7, 11) is 0. The van der Waals surface area contributed by atoms with Crippen molar-refractivity contribution < 1.29 is 24.2 Å². The molecule has 2 atom stereocenters. The van der Waals surface area contributed by atoms with Gasteiger partial charge >= 0.3 is 5.97 Å². The monoisotopic (exact) mass is 367 g/mol. The molecular formula is C20H33NO5. The number of ether oxygens (including phenoxy) is 2. The van der Waals surface area contributed by atoms with Crippen LogP contribution in [-0.4, -0.2) is 60.4 Å². The van der Waals surface area contributed by atoms with E-state index >= 15 is 0 Å². The lowest BCUT2D eigenvalue weighted by molar-refractivity contribution is -0.147. The van der Waals surface area contributed by atoms with Crippen molar-refractivity contribution in [3.63, 3.8) is 0 Å². The largest absolute Gasteiger partial charge is 0.464 e. The molecule has 1 fully saturated rings. The van der Waals surface area contributed by atoms with Gasteiger partial charge in [0.05, 0.1) is 25.4 Å². The highest BCUT2D eigenvalue weighted by molar-refractivity contribution is 5.79. The molecule has 0 radical (unpaired) electrons. The van der Waals surface area contributed by atoms with E-state index in [9.17, 15) is 14.7 Å². The van der Waals surface area contributed by atoms with E-state index in [0.29, 0.717) is 26.2 Å². The van der Waals surface area contributed by atoms with Crippen LogP contribution >= 0.6 is 0 Å². The third-order valence-corrected chi connectivity index (χ3v) is 4.24. The molecule has 0 aliphatic carbocycles. The first-order chi connectivity index (χ1) is 12.6. The molecule has 1 saturated heterocycles. The number of esters is 1. The van der Waals surface area contributed by atoms with E-state index in [1.165, 1.54) is 0 Å². The van der Waals surface area contributed by atoms with Gasteiger partial charge in [-0.1, -0.05) is 50.5 Å². The van der Waals surface area contributed by atoms with Crippen LogP contribution in [0.2, 0.25) is 0 Å². The Morgan fingerprint density at radius 1 is 1.35 bits per heavy atom. The number of hydrogen-bond acceptors (Lipinski definition) is 5. The molecule has 1 aliphatic rings. The maximum absolute atomic E-state index is 12.0. The Morgan fingerprint density at radius 3 is 2.88 bits per heavy atom. The predicted molar refractivity (Wildman–Crippen MR) is 101 cm³/mol. The summed E-state index contributed by atoms with van der Waals surface area (Å²) in [5, 5.41) is 9.99. The van der Waals surface area contributed by atoms with Crippen LogP contribution in [-0.2, 0) is 19.1 Å². The molecule has 1 heterocycles. The minimum Gasteiger partial charge on any atom is -0.464 e. The fourth-order valence-corrected chi connectivity index (χ4v) is 2.82. The van der Waals surface area contributed by atoms with Gasteiger partial charge in [-0.2, -0.15) is 0 Å². The Labute approximate surface area is 156 Å². The van der Waals surface area contributed by atoms with Gasteiger partial charge in [0.2, 0.25) is 5.91 Å². The van der Waals surface area contributed by atoms with Gasteiger partial charge in [0.15, 0.2) is 0 Å². The quantitative estimate of drug-likeness (QED) is 0.308. The van der Waals surface area contributed by atoms with Crippen LogP contribution in [0.1, 0.15) is 52.4 Å². The molecule has 148 valence electrons. The molecular weight excluding hydrogens is 334 g/mol. The number of aliphatic hydroxyl groups excluding tert-OH is 1. The van der Waals surface area contributed by atoms with Crippen molar-refractivity contribution in [2.45, 2.75) is 64.5 Å². The lowest BCUT2D eigenvalue weighted by atomic mass is 10.1. The van der Waals surface area contributed by atoms with E-state index < -0.39 is 6.10 Å². The second kappa shape index (κ2) is 13.5. The highest BCUT2D eigenvalue weighted by Gasteiger charge is 2.27. The van der Waals surface area contributed by atoms with E-state index in [0.717, 1.165) is 32.1 Å². The van der Waals surface area contributed by atoms with Crippen molar-refractivity contribution in [1.82, 2.24) is 4.90 Å². The summed E-state index contributed by atoms with van der Waals surface area (Å²) in [5.41, 5.74) is 0. The Morgan fingerprint density at radius 2 is 2.15 bits per heavy atom. The van der Waals surface area contributed by atoms with Crippen molar-refractivity contribution in [2.24, 2.45) is 0 Å². The highest BCUT2D eigenvalue weighted by Crippen LogP contribution is 2.20. The van der Waals surface area contributed by atoms with Crippen molar-refractivity contribution in [1.29, 1.82) is 0 Å². The second-order valence-corrected chi connectivity index (χ2v) is 6.39. The van der Waals surface area contributed by atoms with E-state index in [2.05, 4.69) is 6.92 Å². The van der Waals surface area contributed by atoms with E-state index in [1.54, 1.807) is 17.9 Å². The van der Waals surface area contributed by atoms with Crippen LogP contribution in [0, 0.1) is 0 Å². The third kappa shape index (κ3) is 9.15. The van der Waals surface area contributed by atoms with Gasteiger partial charge in [-0.3, -0.25) is 4.79 Å². The van der Waals surface area contributed by atoms with Crippen LogP contribution in [0.4, 0.5) is 0 Å². The molecule has 0 aromatic rings. The first kappa shape index (κ1) is 22.4. The minimum absolute atomic E-state index is 0.0356. The molecule has 26 heavy (non-hydrogen) atoms. The number of aliphatic hydroxyl groups is 1. The van der Waals surface area contributed by atoms with Gasteiger partial charge in [-0.05, 0) is 19.8 Å². The van der Waals surface area contributed by atoms with Crippen molar-refractivity contribution >= 4 is 11.9 Å². The van der Waals surface area contributed by atoms with E-state index in [1.807, 2.05) is 18.2 Å². The van der Waals surface area contributed by atoms with Crippen molar-refractivity contribution in [2.75, 3.05) is 26.4 Å². The van der Waals surface area contributed by atoms with Gasteiger partial charge in [0.25, 0.3) is 0 Å². The molecule has 0 aromatic heterocycles. The number of unbranched alkanes of at least 4 members (excludes halogenated alkanes) is 2. The molecule has 6 heteroatoms. The average Bonchev–Trinajstić information content (AvgIpc) is 2.96. The number of nitrogens with zero attached hydrogens (tertiary/aromatic N) is 1. The molecule has 1 N–H and O–H groups in total. The van der Waals surface area contributed by atoms with Crippen molar-refractivity contribution in [3.8, 4) is 0 Å².